The molecule has 0 amide bonds. The minimum Gasteiger partial charge on any atom is -0.0998 e. The smallest absolute Gasteiger partial charge is 0.0135 e. The first-order valence-electron chi connectivity index (χ1n) is 8.27. The summed E-state index contributed by atoms with van der Waals surface area (Å²) in [4.78, 5) is 0. The fourth-order valence-corrected chi connectivity index (χ4v) is 4.04. The monoisotopic (exact) mass is 276 g/mol. The molecule has 0 N–H and O–H groups in total. The van der Waals surface area contributed by atoms with Crippen LogP contribution in [-0.2, 0) is 0 Å². The maximum atomic E-state index is 4.41. The Morgan fingerprint density at radius 3 is 2.00 bits per heavy atom. The van der Waals surface area contributed by atoms with Gasteiger partial charge in [-0.1, -0.05) is 79.2 Å². The Kier molecular flexibility index (Phi) is 4.99. The largest absolute Gasteiger partial charge is 0.0998 e. The molecule has 0 aromatic heterocycles. The lowest BCUT2D eigenvalue weighted by atomic mass is 9.74. The first kappa shape index (κ1) is 17.5. The van der Waals surface area contributed by atoms with E-state index in [1.54, 1.807) is 0 Å². The van der Waals surface area contributed by atoms with Crippen molar-refractivity contribution in [1.29, 1.82) is 0 Å². The van der Waals surface area contributed by atoms with Crippen molar-refractivity contribution in [2.24, 2.45) is 34.5 Å². The van der Waals surface area contributed by atoms with Crippen LogP contribution in [0.25, 0.3) is 0 Å². The van der Waals surface area contributed by atoms with Crippen molar-refractivity contribution < 1.29 is 0 Å². The molecule has 0 saturated heterocycles. The molecule has 0 spiro atoms. The van der Waals surface area contributed by atoms with Crippen LogP contribution >= 0.6 is 0 Å². The van der Waals surface area contributed by atoms with Crippen molar-refractivity contribution in [3.05, 3.63) is 24.3 Å². The molecule has 1 saturated carbocycles. The van der Waals surface area contributed by atoms with E-state index in [1.807, 2.05) is 0 Å². The molecule has 4 unspecified atom stereocenters. The molecular weight excluding hydrogens is 240 g/mol. The van der Waals surface area contributed by atoms with Crippen molar-refractivity contribution in [2.75, 3.05) is 0 Å². The quantitative estimate of drug-likeness (QED) is 0.486. The van der Waals surface area contributed by atoms with Crippen LogP contribution in [0, 0.1) is 34.5 Å². The lowest BCUT2D eigenvalue weighted by Crippen LogP contribution is -2.21. The molecule has 0 radical (unpaired) electrons. The first-order chi connectivity index (χ1) is 8.94. The minimum atomic E-state index is 0.305. The van der Waals surface area contributed by atoms with Crippen molar-refractivity contribution >= 4 is 0 Å². The van der Waals surface area contributed by atoms with Gasteiger partial charge in [0.15, 0.2) is 0 Å². The van der Waals surface area contributed by atoms with E-state index in [9.17, 15) is 0 Å². The summed E-state index contributed by atoms with van der Waals surface area (Å²) < 4.78 is 0. The number of rotatable bonds is 6. The van der Waals surface area contributed by atoms with Crippen LogP contribution in [-0.4, -0.2) is 0 Å². The van der Waals surface area contributed by atoms with Crippen molar-refractivity contribution in [2.45, 2.75) is 68.2 Å². The van der Waals surface area contributed by atoms with Gasteiger partial charge >= 0.3 is 0 Å². The van der Waals surface area contributed by atoms with Gasteiger partial charge in [-0.2, -0.15) is 0 Å². The van der Waals surface area contributed by atoms with E-state index in [2.05, 4.69) is 68.5 Å². The molecule has 20 heavy (non-hydrogen) atoms. The first-order valence-corrected chi connectivity index (χ1v) is 8.27. The highest BCUT2D eigenvalue weighted by Gasteiger charge is 2.59. The van der Waals surface area contributed by atoms with E-state index in [4.69, 9.17) is 0 Å². The van der Waals surface area contributed by atoms with E-state index < -0.39 is 0 Å². The van der Waals surface area contributed by atoms with Crippen molar-refractivity contribution in [3.8, 4) is 0 Å². The molecule has 0 heteroatoms. The van der Waals surface area contributed by atoms with Crippen molar-refractivity contribution in [1.82, 2.24) is 0 Å². The van der Waals surface area contributed by atoms with Gasteiger partial charge in [0.2, 0.25) is 0 Å². The number of hydrogen-bond acceptors (Lipinski definition) is 0. The van der Waals surface area contributed by atoms with Crippen LogP contribution in [0.2, 0.25) is 0 Å². The van der Waals surface area contributed by atoms with E-state index in [1.165, 1.54) is 17.6 Å². The summed E-state index contributed by atoms with van der Waals surface area (Å²) in [5, 5.41) is 0. The molecule has 1 fully saturated rings. The molecule has 1 aliphatic carbocycles. The van der Waals surface area contributed by atoms with E-state index in [0.29, 0.717) is 22.7 Å². The molecular formula is C20H36. The fraction of sp³-hybridized carbons (Fsp3) is 0.800. The number of allylic oxidation sites excluding steroid dienone is 2. The third-order valence-electron chi connectivity index (χ3n) is 6.04. The maximum Gasteiger partial charge on any atom is -0.0135 e. The molecule has 1 aliphatic rings. The molecule has 0 heterocycles. The Hall–Kier alpha value is -0.520. The van der Waals surface area contributed by atoms with Crippen LogP contribution in [0.3, 0.4) is 0 Å². The van der Waals surface area contributed by atoms with Gasteiger partial charge in [0, 0.05) is 0 Å². The summed E-state index contributed by atoms with van der Waals surface area (Å²) in [6, 6.07) is 0. The van der Waals surface area contributed by atoms with Crippen LogP contribution in [0.15, 0.2) is 24.3 Å². The Morgan fingerprint density at radius 1 is 1.20 bits per heavy atom. The van der Waals surface area contributed by atoms with E-state index in [0.717, 1.165) is 18.3 Å². The molecule has 116 valence electrons. The summed E-state index contributed by atoms with van der Waals surface area (Å²) in [5.41, 5.74) is 3.55. The third kappa shape index (κ3) is 3.38. The summed E-state index contributed by atoms with van der Waals surface area (Å²) in [5.74, 6) is 2.84. The second-order valence-electron chi connectivity index (χ2n) is 8.76. The van der Waals surface area contributed by atoms with Gasteiger partial charge in [0.25, 0.3) is 0 Å². The zero-order valence-corrected chi connectivity index (χ0v) is 15.1. The molecule has 0 bridgehead atoms. The van der Waals surface area contributed by atoms with Crippen LogP contribution in [0.4, 0.5) is 0 Å². The average Bonchev–Trinajstić information content (AvgIpc) is 2.84. The van der Waals surface area contributed by atoms with Gasteiger partial charge in [0.05, 0.1) is 0 Å². The molecule has 0 aromatic rings. The van der Waals surface area contributed by atoms with E-state index in [-0.39, 0.29) is 0 Å². The van der Waals surface area contributed by atoms with Gasteiger partial charge in [0.1, 0.15) is 0 Å². The maximum absolute atomic E-state index is 4.41. The van der Waals surface area contributed by atoms with Gasteiger partial charge < -0.3 is 0 Å². The highest BCUT2D eigenvalue weighted by molar-refractivity contribution is 5.18. The highest BCUT2D eigenvalue weighted by Crippen LogP contribution is 2.65. The van der Waals surface area contributed by atoms with Gasteiger partial charge in [-0.3, -0.25) is 0 Å². The Bertz CT molecular complexity index is 377. The summed E-state index contributed by atoms with van der Waals surface area (Å²) >= 11 is 0. The average molecular weight is 277 g/mol. The van der Waals surface area contributed by atoms with Crippen molar-refractivity contribution in [3.63, 3.8) is 0 Å². The summed E-state index contributed by atoms with van der Waals surface area (Å²) in [7, 11) is 0. The number of hydrogen-bond donors (Lipinski definition) is 0. The second-order valence-corrected chi connectivity index (χ2v) is 8.76. The molecule has 0 aliphatic heterocycles. The summed E-state index contributed by atoms with van der Waals surface area (Å²) in [6.45, 7) is 27.4. The second kappa shape index (κ2) is 5.70. The van der Waals surface area contributed by atoms with Gasteiger partial charge in [-0.05, 0) is 47.8 Å². The predicted octanol–water partition coefficient (Wildman–Crippen LogP) is 6.49. The topological polar surface area (TPSA) is 0 Å². The SMILES string of the molecule is C=C(C)C(CC(=C)C(C)C(C)(C)C)C1C(CC)C1(C)C. The van der Waals surface area contributed by atoms with Gasteiger partial charge in [-0.25, -0.2) is 0 Å². The third-order valence-corrected chi connectivity index (χ3v) is 6.04. The van der Waals surface area contributed by atoms with Crippen LogP contribution < -0.4 is 0 Å². The van der Waals surface area contributed by atoms with Gasteiger partial charge in [-0.15, -0.1) is 0 Å². The highest BCUT2D eigenvalue weighted by atomic mass is 14.6. The van der Waals surface area contributed by atoms with Crippen LogP contribution in [0.5, 0.6) is 0 Å². The normalized spacial score (nSPS) is 27.8. The lowest BCUT2D eigenvalue weighted by molar-refractivity contribution is 0.285. The Morgan fingerprint density at radius 2 is 1.70 bits per heavy atom. The van der Waals surface area contributed by atoms with Crippen LogP contribution in [0.1, 0.15) is 68.2 Å². The fourth-order valence-electron chi connectivity index (χ4n) is 4.04. The predicted molar refractivity (Wildman–Crippen MR) is 91.7 cm³/mol. The summed E-state index contributed by atoms with van der Waals surface area (Å²) in [6.07, 6.45) is 2.42. The Balaban J connectivity index is 2.81. The lowest BCUT2D eigenvalue weighted by Gasteiger charge is -2.31. The minimum absolute atomic E-state index is 0.305. The zero-order chi connectivity index (χ0) is 15.9. The molecule has 1 rings (SSSR count). The molecule has 0 aromatic carbocycles. The molecule has 0 nitrogen and oxygen atoms in total. The zero-order valence-electron chi connectivity index (χ0n) is 15.1. The molecule has 4 atom stereocenters. The Labute approximate surface area is 127 Å². The standard InChI is InChI=1S/C20H36/c1-11-17-18(20(17,9)10)16(13(2)3)12-14(4)15(5)19(6,7)8/h15-18H,2,4,11-12H2,1,3,5-10H3. The van der Waals surface area contributed by atoms with E-state index >= 15 is 0 Å².